The number of allylic oxidation sites excluding steroid dienone is 1. The summed E-state index contributed by atoms with van der Waals surface area (Å²) < 4.78 is 0. The third-order valence-electron chi connectivity index (χ3n) is 0.784. The standard InChI is InChI=1S/C5H7NO/c1-4-3-5(2)7-6-4/h2-3H2,1H3. The molecule has 0 saturated heterocycles. The highest BCUT2D eigenvalue weighted by Gasteiger charge is 2.04. The average molecular weight is 97.1 g/mol. The molecule has 1 aliphatic heterocycles. The largest absolute Gasteiger partial charge is 0.362 e. The molecule has 0 amide bonds. The topological polar surface area (TPSA) is 21.6 Å². The first-order valence-corrected chi connectivity index (χ1v) is 2.17. The van der Waals surface area contributed by atoms with Crippen LogP contribution in [0.1, 0.15) is 13.3 Å². The summed E-state index contributed by atoms with van der Waals surface area (Å²) in [6, 6.07) is 0. The molecule has 38 valence electrons. The molecular weight excluding hydrogens is 90.1 g/mol. The minimum Gasteiger partial charge on any atom is -0.362 e. The van der Waals surface area contributed by atoms with E-state index in [1.807, 2.05) is 6.92 Å². The van der Waals surface area contributed by atoms with E-state index < -0.39 is 0 Å². The average Bonchev–Trinajstić information content (AvgIpc) is 1.87. The Morgan fingerprint density at radius 1 is 1.86 bits per heavy atom. The van der Waals surface area contributed by atoms with E-state index in [0.717, 1.165) is 17.9 Å². The molecule has 1 aliphatic rings. The molecule has 0 radical (unpaired) electrons. The van der Waals surface area contributed by atoms with Gasteiger partial charge < -0.3 is 4.84 Å². The van der Waals surface area contributed by atoms with Gasteiger partial charge in [0.25, 0.3) is 0 Å². The van der Waals surface area contributed by atoms with Gasteiger partial charge in [-0.25, -0.2) is 0 Å². The van der Waals surface area contributed by atoms with Crippen LogP contribution in [0.4, 0.5) is 0 Å². The van der Waals surface area contributed by atoms with Gasteiger partial charge in [0, 0.05) is 6.42 Å². The van der Waals surface area contributed by atoms with Crippen molar-refractivity contribution in [3.63, 3.8) is 0 Å². The lowest BCUT2D eigenvalue weighted by Crippen LogP contribution is -1.80. The summed E-state index contributed by atoms with van der Waals surface area (Å²) in [5, 5.41) is 3.63. The Kier molecular flexibility index (Phi) is 0.855. The number of rotatable bonds is 0. The van der Waals surface area contributed by atoms with Gasteiger partial charge in [-0.2, -0.15) is 0 Å². The Balaban J connectivity index is 2.58. The first-order chi connectivity index (χ1) is 3.29. The highest BCUT2D eigenvalue weighted by atomic mass is 16.6. The third-order valence-corrected chi connectivity index (χ3v) is 0.784. The van der Waals surface area contributed by atoms with Gasteiger partial charge >= 0.3 is 0 Å². The molecule has 0 atom stereocenters. The summed E-state index contributed by atoms with van der Waals surface area (Å²) in [5.74, 6) is 0.748. The Hall–Kier alpha value is -0.790. The van der Waals surface area contributed by atoms with E-state index >= 15 is 0 Å². The van der Waals surface area contributed by atoms with Crippen LogP contribution in [-0.4, -0.2) is 5.71 Å². The highest BCUT2D eigenvalue weighted by Crippen LogP contribution is 2.09. The van der Waals surface area contributed by atoms with Crippen LogP contribution in [0.25, 0.3) is 0 Å². The molecule has 2 nitrogen and oxygen atoms in total. The fourth-order valence-electron chi connectivity index (χ4n) is 0.492. The zero-order valence-electron chi connectivity index (χ0n) is 4.27. The second kappa shape index (κ2) is 1.37. The summed E-state index contributed by atoms with van der Waals surface area (Å²) in [5.41, 5.74) is 1.00. The molecule has 0 aromatic carbocycles. The fourth-order valence-corrected chi connectivity index (χ4v) is 0.492. The second-order valence-electron chi connectivity index (χ2n) is 1.63. The van der Waals surface area contributed by atoms with E-state index in [-0.39, 0.29) is 0 Å². The van der Waals surface area contributed by atoms with Gasteiger partial charge in [0.1, 0.15) is 5.76 Å². The molecule has 0 saturated carbocycles. The van der Waals surface area contributed by atoms with Crippen LogP contribution in [0.5, 0.6) is 0 Å². The van der Waals surface area contributed by atoms with Crippen LogP contribution in [0, 0.1) is 0 Å². The fraction of sp³-hybridized carbons (Fsp3) is 0.400. The predicted octanol–water partition coefficient (Wildman–Crippen LogP) is 1.30. The Morgan fingerprint density at radius 2 is 2.57 bits per heavy atom. The summed E-state index contributed by atoms with van der Waals surface area (Å²) in [7, 11) is 0. The molecule has 2 heteroatoms. The van der Waals surface area contributed by atoms with Gasteiger partial charge in [0.15, 0.2) is 0 Å². The SMILES string of the molecule is C=C1CC(C)=NO1. The monoisotopic (exact) mass is 97.1 g/mol. The molecule has 0 N–H and O–H groups in total. The van der Waals surface area contributed by atoms with Gasteiger partial charge in [-0.05, 0) is 6.92 Å². The van der Waals surface area contributed by atoms with Crippen LogP contribution in [0.2, 0.25) is 0 Å². The van der Waals surface area contributed by atoms with Crippen LogP contribution in [0.3, 0.4) is 0 Å². The summed E-state index contributed by atoms with van der Waals surface area (Å²) in [6.45, 7) is 5.48. The minimum absolute atomic E-state index is 0.748. The number of nitrogens with zero attached hydrogens (tertiary/aromatic N) is 1. The van der Waals surface area contributed by atoms with Crippen molar-refractivity contribution >= 4 is 5.71 Å². The van der Waals surface area contributed by atoms with Gasteiger partial charge in [-0.1, -0.05) is 11.7 Å². The lowest BCUT2D eigenvalue weighted by Gasteiger charge is -1.82. The maximum absolute atomic E-state index is 4.66. The maximum Gasteiger partial charge on any atom is 0.133 e. The second-order valence-corrected chi connectivity index (χ2v) is 1.63. The highest BCUT2D eigenvalue weighted by molar-refractivity contribution is 5.84. The molecule has 7 heavy (non-hydrogen) atoms. The third kappa shape index (κ3) is 0.796. The van der Waals surface area contributed by atoms with Crippen LogP contribution < -0.4 is 0 Å². The molecule has 0 aliphatic carbocycles. The molecule has 0 aromatic rings. The van der Waals surface area contributed by atoms with E-state index in [4.69, 9.17) is 0 Å². The van der Waals surface area contributed by atoms with Crippen LogP contribution in [0.15, 0.2) is 17.5 Å². The molecule has 0 spiro atoms. The van der Waals surface area contributed by atoms with Crippen molar-refractivity contribution in [3.8, 4) is 0 Å². The zero-order chi connectivity index (χ0) is 5.28. The van der Waals surface area contributed by atoms with Gasteiger partial charge in [-0.3, -0.25) is 0 Å². The predicted molar refractivity (Wildman–Crippen MR) is 28.0 cm³/mol. The summed E-state index contributed by atoms with van der Waals surface area (Å²) >= 11 is 0. The molecular formula is C5H7NO. The van der Waals surface area contributed by atoms with E-state index in [1.54, 1.807) is 0 Å². The van der Waals surface area contributed by atoms with Gasteiger partial charge in [-0.15, -0.1) is 0 Å². The summed E-state index contributed by atoms with van der Waals surface area (Å²) in [4.78, 5) is 4.66. The lowest BCUT2D eigenvalue weighted by molar-refractivity contribution is 0.246. The number of oxime groups is 1. The number of hydrogen-bond donors (Lipinski definition) is 0. The van der Waals surface area contributed by atoms with E-state index in [1.165, 1.54) is 0 Å². The molecule has 1 rings (SSSR count). The maximum atomic E-state index is 4.66. The Morgan fingerprint density at radius 3 is 2.71 bits per heavy atom. The molecule has 0 aromatic heterocycles. The zero-order valence-corrected chi connectivity index (χ0v) is 4.27. The quantitative estimate of drug-likeness (QED) is 0.446. The van der Waals surface area contributed by atoms with Crippen molar-refractivity contribution in [2.75, 3.05) is 0 Å². The Bertz CT molecular complexity index is 126. The van der Waals surface area contributed by atoms with E-state index in [2.05, 4.69) is 16.6 Å². The lowest BCUT2D eigenvalue weighted by atomic mass is 10.3. The van der Waals surface area contributed by atoms with Crippen molar-refractivity contribution in [2.45, 2.75) is 13.3 Å². The van der Waals surface area contributed by atoms with Crippen molar-refractivity contribution in [1.82, 2.24) is 0 Å². The smallest absolute Gasteiger partial charge is 0.133 e. The van der Waals surface area contributed by atoms with Gasteiger partial charge in [0.05, 0.1) is 5.71 Å². The first-order valence-electron chi connectivity index (χ1n) is 2.17. The molecule has 0 fully saturated rings. The van der Waals surface area contributed by atoms with Crippen molar-refractivity contribution in [3.05, 3.63) is 12.3 Å². The van der Waals surface area contributed by atoms with E-state index in [9.17, 15) is 0 Å². The molecule has 0 bridgehead atoms. The van der Waals surface area contributed by atoms with Crippen molar-refractivity contribution < 1.29 is 4.84 Å². The number of hydrogen-bond acceptors (Lipinski definition) is 2. The minimum atomic E-state index is 0.748. The van der Waals surface area contributed by atoms with E-state index in [0.29, 0.717) is 0 Å². The normalized spacial score (nSPS) is 19.0. The Labute approximate surface area is 42.5 Å². The summed E-state index contributed by atoms with van der Waals surface area (Å²) in [6.07, 6.45) is 0.806. The van der Waals surface area contributed by atoms with Crippen molar-refractivity contribution in [1.29, 1.82) is 0 Å². The van der Waals surface area contributed by atoms with Crippen molar-refractivity contribution in [2.24, 2.45) is 5.16 Å². The van der Waals surface area contributed by atoms with Gasteiger partial charge in [0.2, 0.25) is 0 Å². The van der Waals surface area contributed by atoms with Crippen LogP contribution in [-0.2, 0) is 4.84 Å². The molecule has 0 unspecified atom stereocenters. The van der Waals surface area contributed by atoms with Crippen LogP contribution >= 0.6 is 0 Å². The first kappa shape index (κ1) is 4.37. The molecule has 1 heterocycles.